The van der Waals surface area contributed by atoms with Crippen LogP contribution >= 0.6 is 11.8 Å². The van der Waals surface area contributed by atoms with Crippen molar-refractivity contribution >= 4 is 17.7 Å². The van der Waals surface area contributed by atoms with E-state index >= 15 is 0 Å². The van der Waals surface area contributed by atoms with E-state index in [0.717, 1.165) is 48.8 Å². The van der Waals surface area contributed by atoms with Gasteiger partial charge in [0, 0.05) is 6.04 Å². The van der Waals surface area contributed by atoms with Crippen molar-refractivity contribution in [2.45, 2.75) is 68.6 Å². The van der Waals surface area contributed by atoms with E-state index in [9.17, 15) is 4.79 Å². The molecule has 1 N–H and O–H groups in total. The number of hydrogen-bond acceptors (Lipinski definition) is 5. The molecular weight excluding hydrogens is 408 g/mol. The number of aromatic nitrogens is 3. The molecule has 2 heterocycles. The number of aryl methyl sites for hydroxylation is 1. The van der Waals surface area contributed by atoms with E-state index in [1.54, 1.807) is 6.26 Å². The standard InChI is InChI=1S/C24H28N4O2S/c29-22(25-20-13-6-9-17-8-4-5-12-19(17)20)16-31-24-27-26-23(21-14-7-15-30-21)28(24)18-10-2-1-3-11-18/h4-5,7-8,12,14-15,18,20H,1-3,6,9-11,13,16H2,(H,25,29)/t20-/m1/s1. The number of thioether (sulfide) groups is 1. The van der Waals surface area contributed by atoms with Crippen LogP contribution < -0.4 is 5.32 Å². The van der Waals surface area contributed by atoms with Crippen LogP contribution in [0.1, 0.15) is 68.2 Å². The summed E-state index contributed by atoms with van der Waals surface area (Å²) in [4.78, 5) is 12.8. The fourth-order valence-electron chi connectivity index (χ4n) is 4.89. The molecule has 1 saturated carbocycles. The van der Waals surface area contributed by atoms with Crippen molar-refractivity contribution in [3.05, 3.63) is 53.8 Å². The summed E-state index contributed by atoms with van der Waals surface area (Å²) >= 11 is 1.47. The highest BCUT2D eigenvalue weighted by atomic mass is 32.2. The van der Waals surface area contributed by atoms with Crippen molar-refractivity contribution in [1.82, 2.24) is 20.1 Å². The van der Waals surface area contributed by atoms with Crippen LogP contribution in [0.3, 0.4) is 0 Å². The van der Waals surface area contributed by atoms with Crippen LogP contribution in [0.15, 0.2) is 52.2 Å². The van der Waals surface area contributed by atoms with Crippen LogP contribution in [0.4, 0.5) is 0 Å². The molecule has 2 aliphatic carbocycles. The molecule has 6 nitrogen and oxygen atoms in total. The first-order valence-electron chi connectivity index (χ1n) is 11.3. The monoisotopic (exact) mass is 436 g/mol. The molecule has 0 aliphatic heterocycles. The van der Waals surface area contributed by atoms with Crippen molar-refractivity contribution in [1.29, 1.82) is 0 Å². The molecular formula is C24H28N4O2S. The average molecular weight is 437 g/mol. The van der Waals surface area contributed by atoms with E-state index in [2.05, 4.69) is 44.3 Å². The van der Waals surface area contributed by atoms with Crippen molar-refractivity contribution < 1.29 is 9.21 Å². The Morgan fingerprint density at radius 2 is 1.94 bits per heavy atom. The first-order valence-corrected chi connectivity index (χ1v) is 12.3. The molecule has 5 rings (SSSR count). The third-order valence-corrected chi connectivity index (χ3v) is 7.33. The molecule has 0 bridgehead atoms. The number of hydrogen-bond donors (Lipinski definition) is 1. The fraction of sp³-hybridized carbons (Fsp3) is 0.458. The Bertz CT molecular complexity index is 1020. The van der Waals surface area contributed by atoms with Crippen LogP contribution in [-0.4, -0.2) is 26.4 Å². The highest BCUT2D eigenvalue weighted by Crippen LogP contribution is 2.36. The number of furan rings is 1. The van der Waals surface area contributed by atoms with Crippen LogP contribution in [0, 0.1) is 0 Å². The quantitative estimate of drug-likeness (QED) is 0.529. The maximum Gasteiger partial charge on any atom is 0.230 e. The molecule has 1 fully saturated rings. The van der Waals surface area contributed by atoms with Gasteiger partial charge in [0.05, 0.1) is 18.1 Å². The van der Waals surface area contributed by atoms with E-state index in [1.807, 2.05) is 12.1 Å². The van der Waals surface area contributed by atoms with Crippen molar-refractivity contribution in [2.24, 2.45) is 0 Å². The third kappa shape index (κ3) is 4.42. The normalized spacial score (nSPS) is 19.2. The topological polar surface area (TPSA) is 73.0 Å². The summed E-state index contributed by atoms with van der Waals surface area (Å²) in [6.07, 6.45) is 10.8. The first-order chi connectivity index (χ1) is 15.3. The van der Waals surface area contributed by atoms with Gasteiger partial charge >= 0.3 is 0 Å². The highest BCUT2D eigenvalue weighted by molar-refractivity contribution is 7.99. The van der Waals surface area contributed by atoms with Crippen molar-refractivity contribution in [3.8, 4) is 11.6 Å². The molecule has 3 aromatic rings. The summed E-state index contributed by atoms with van der Waals surface area (Å²) in [5.74, 6) is 1.88. The smallest absolute Gasteiger partial charge is 0.230 e. The van der Waals surface area contributed by atoms with E-state index < -0.39 is 0 Å². The van der Waals surface area contributed by atoms with Crippen molar-refractivity contribution in [2.75, 3.05) is 5.75 Å². The van der Waals surface area contributed by atoms with Gasteiger partial charge in [-0.25, -0.2) is 0 Å². The van der Waals surface area contributed by atoms with Gasteiger partial charge in [-0.3, -0.25) is 9.36 Å². The Balaban J connectivity index is 1.30. The molecule has 0 unspecified atom stereocenters. The summed E-state index contributed by atoms with van der Waals surface area (Å²) in [5, 5.41) is 12.9. The van der Waals surface area contributed by atoms with Gasteiger partial charge in [0.25, 0.3) is 0 Å². The second kappa shape index (κ2) is 9.30. The molecule has 0 spiro atoms. The van der Waals surface area contributed by atoms with Crippen LogP contribution in [0.25, 0.3) is 11.6 Å². The lowest BCUT2D eigenvalue weighted by atomic mass is 9.88. The molecule has 2 aliphatic rings. The summed E-state index contributed by atoms with van der Waals surface area (Å²) in [7, 11) is 0. The first kappa shape index (κ1) is 20.4. The molecule has 1 aromatic carbocycles. The SMILES string of the molecule is O=C(CSc1nnc(-c2ccco2)n1C1CCCCC1)N[C@@H]1CCCc2ccccc21. The van der Waals surface area contributed by atoms with Crippen LogP contribution in [0.2, 0.25) is 0 Å². The number of carbonyl (C=O) groups excluding carboxylic acids is 1. The molecule has 7 heteroatoms. The van der Waals surface area contributed by atoms with Gasteiger partial charge in [-0.15, -0.1) is 10.2 Å². The number of nitrogens with zero attached hydrogens (tertiary/aromatic N) is 3. The lowest BCUT2D eigenvalue weighted by molar-refractivity contribution is -0.119. The second-order valence-corrected chi connectivity index (χ2v) is 9.39. The Morgan fingerprint density at radius 1 is 1.06 bits per heavy atom. The van der Waals surface area contributed by atoms with E-state index in [1.165, 1.54) is 42.2 Å². The Labute approximate surface area is 186 Å². The predicted molar refractivity (Wildman–Crippen MR) is 121 cm³/mol. The number of rotatable bonds is 6. The minimum absolute atomic E-state index is 0.0458. The zero-order valence-electron chi connectivity index (χ0n) is 17.6. The number of fused-ring (bicyclic) bond motifs is 1. The number of benzene rings is 1. The van der Waals surface area contributed by atoms with Crippen LogP contribution in [-0.2, 0) is 11.2 Å². The molecule has 0 radical (unpaired) electrons. The van der Waals surface area contributed by atoms with Gasteiger partial charge < -0.3 is 9.73 Å². The second-order valence-electron chi connectivity index (χ2n) is 8.45. The zero-order chi connectivity index (χ0) is 21.0. The molecule has 1 amide bonds. The van der Waals surface area contributed by atoms with Gasteiger partial charge in [0.1, 0.15) is 0 Å². The Hall–Kier alpha value is -2.54. The van der Waals surface area contributed by atoms with Gasteiger partial charge in [-0.2, -0.15) is 0 Å². The molecule has 0 saturated heterocycles. The van der Waals surface area contributed by atoms with Gasteiger partial charge in [-0.05, 0) is 55.4 Å². The molecule has 1 atom stereocenters. The zero-order valence-corrected chi connectivity index (χ0v) is 18.4. The van der Waals surface area contributed by atoms with E-state index in [4.69, 9.17) is 4.42 Å². The molecule has 2 aromatic heterocycles. The highest BCUT2D eigenvalue weighted by Gasteiger charge is 2.26. The molecule has 31 heavy (non-hydrogen) atoms. The Kier molecular flexibility index (Phi) is 6.11. The van der Waals surface area contributed by atoms with E-state index in [0.29, 0.717) is 11.8 Å². The lowest BCUT2D eigenvalue weighted by Gasteiger charge is -2.26. The Morgan fingerprint density at radius 3 is 2.77 bits per heavy atom. The predicted octanol–water partition coefficient (Wildman–Crippen LogP) is 5.33. The summed E-state index contributed by atoms with van der Waals surface area (Å²) in [5.41, 5.74) is 2.62. The number of amides is 1. The minimum atomic E-state index is 0.0458. The third-order valence-electron chi connectivity index (χ3n) is 6.38. The van der Waals surface area contributed by atoms with Crippen LogP contribution in [0.5, 0.6) is 0 Å². The average Bonchev–Trinajstić information content (AvgIpc) is 3.48. The maximum atomic E-state index is 12.8. The maximum absolute atomic E-state index is 12.8. The number of nitrogens with one attached hydrogen (secondary N) is 1. The van der Waals surface area contributed by atoms with Crippen molar-refractivity contribution in [3.63, 3.8) is 0 Å². The summed E-state index contributed by atoms with van der Waals surface area (Å²) in [6.45, 7) is 0. The molecule has 162 valence electrons. The van der Waals surface area contributed by atoms with Gasteiger partial charge in [0.2, 0.25) is 11.7 Å². The van der Waals surface area contributed by atoms with E-state index in [-0.39, 0.29) is 11.9 Å². The summed E-state index contributed by atoms with van der Waals surface area (Å²) < 4.78 is 7.81. The lowest BCUT2D eigenvalue weighted by Crippen LogP contribution is -2.32. The fourth-order valence-corrected chi connectivity index (χ4v) is 5.70. The largest absolute Gasteiger partial charge is 0.461 e. The summed E-state index contributed by atoms with van der Waals surface area (Å²) in [6, 6.07) is 12.7. The number of carbonyl (C=O) groups is 1. The van der Waals surface area contributed by atoms with Gasteiger partial charge in [0.15, 0.2) is 10.9 Å². The van der Waals surface area contributed by atoms with Gasteiger partial charge in [-0.1, -0.05) is 55.3 Å². The minimum Gasteiger partial charge on any atom is -0.461 e.